The van der Waals surface area contributed by atoms with E-state index in [0.717, 1.165) is 25.0 Å². The van der Waals surface area contributed by atoms with Crippen LogP contribution in [-0.2, 0) is 15.8 Å². The second-order valence-corrected chi connectivity index (χ2v) is 9.35. The number of amidine groups is 1. The Bertz CT molecular complexity index is 1070. The zero-order valence-electron chi connectivity index (χ0n) is 19.3. The second kappa shape index (κ2) is 9.48. The summed E-state index contributed by atoms with van der Waals surface area (Å²) in [4.78, 5) is 34.2. The first-order valence-electron chi connectivity index (χ1n) is 11.3. The molecule has 0 radical (unpaired) electrons. The van der Waals surface area contributed by atoms with Gasteiger partial charge in [0.2, 0.25) is 5.91 Å². The molecule has 2 amide bonds. The Balaban J connectivity index is 1.74. The van der Waals surface area contributed by atoms with Crippen LogP contribution in [0, 0.1) is 0 Å². The van der Waals surface area contributed by atoms with Crippen molar-refractivity contribution in [3.05, 3.63) is 57.8 Å². The van der Waals surface area contributed by atoms with Gasteiger partial charge in [0.05, 0.1) is 29.3 Å². The number of hydrogen-bond acceptors (Lipinski definition) is 5. The summed E-state index contributed by atoms with van der Waals surface area (Å²) >= 11 is 1.35. The third-order valence-corrected chi connectivity index (χ3v) is 7.01. The highest BCUT2D eigenvalue weighted by Gasteiger charge is 2.42. The lowest BCUT2D eigenvalue weighted by atomic mass is 9.92. The fourth-order valence-electron chi connectivity index (χ4n) is 4.16. The minimum absolute atomic E-state index is 0.103. The van der Waals surface area contributed by atoms with Gasteiger partial charge in [-0.2, -0.15) is 13.2 Å². The Labute approximate surface area is 201 Å². The van der Waals surface area contributed by atoms with Gasteiger partial charge in [0.15, 0.2) is 5.17 Å². The van der Waals surface area contributed by atoms with Crippen molar-refractivity contribution in [2.75, 3.05) is 13.1 Å². The van der Waals surface area contributed by atoms with Gasteiger partial charge in [-0.3, -0.25) is 9.59 Å². The molecule has 0 bridgehead atoms. The molecule has 4 rings (SSSR count). The average molecular weight is 493 g/mol. The number of carbonyl (C=O) groups excluding carboxylic acids is 2. The molecular formula is C24H27F3N4O2S. The molecule has 10 heteroatoms. The van der Waals surface area contributed by atoms with Gasteiger partial charge < -0.3 is 15.1 Å². The molecule has 2 heterocycles. The van der Waals surface area contributed by atoms with Crippen molar-refractivity contribution in [2.24, 2.45) is 4.99 Å². The van der Waals surface area contributed by atoms with Gasteiger partial charge in [0.1, 0.15) is 0 Å². The lowest BCUT2D eigenvalue weighted by Crippen LogP contribution is -2.42. The van der Waals surface area contributed by atoms with Gasteiger partial charge in [-0.25, -0.2) is 4.99 Å². The van der Waals surface area contributed by atoms with E-state index < -0.39 is 17.8 Å². The van der Waals surface area contributed by atoms with Gasteiger partial charge in [-0.15, -0.1) is 0 Å². The van der Waals surface area contributed by atoms with Crippen molar-refractivity contribution >= 4 is 28.7 Å². The largest absolute Gasteiger partial charge is 0.416 e. The van der Waals surface area contributed by atoms with E-state index >= 15 is 0 Å². The average Bonchev–Trinajstić information content (AvgIpc) is 3.52. The fraction of sp³-hybridized carbons (Fsp3) is 0.458. The second-order valence-electron chi connectivity index (χ2n) is 8.51. The monoisotopic (exact) mass is 492 g/mol. The topological polar surface area (TPSA) is 65.0 Å². The zero-order chi connectivity index (χ0) is 24.6. The van der Waals surface area contributed by atoms with Crippen molar-refractivity contribution in [1.82, 2.24) is 15.1 Å². The van der Waals surface area contributed by atoms with E-state index in [9.17, 15) is 22.8 Å². The van der Waals surface area contributed by atoms with Crippen LogP contribution in [-0.4, -0.2) is 45.9 Å². The molecule has 0 saturated heterocycles. The van der Waals surface area contributed by atoms with E-state index in [-0.39, 0.29) is 24.3 Å². The van der Waals surface area contributed by atoms with Crippen molar-refractivity contribution in [3.8, 4) is 0 Å². The summed E-state index contributed by atoms with van der Waals surface area (Å²) in [5, 5.41) is 5.40. The van der Waals surface area contributed by atoms with Crippen LogP contribution < -0.4 is 5.32 Å². The molecule has 1 fully saturated rings. The minimum atomic E-state index is -4.46. The van der Waals surface area contributed by atoms with Crippen LogP contribution in [0.25, 0.3) is 0 Å². The molecule has 34 heavy (non-hydrogen) atoms. The molecule has 0 aromatic heterocycles. The van der Waals surface area contributed by atoms with Crippen LogP contribution in [0.3, 0.4) is 0 Å². The third kappa shape index (κ3) is 4.87. The Morgan fingerprint density at radius 1 is 1.18 bits per heavy atom. The van der Waals surface area contributed by atoms with Gasteiger partial charge in [-0.05, 0) is 56.7 Å². The van der Waals surface area contributed by atoms with E-state index in [1.165, 1.54) is 23.9 Å². The molecule has 0 unspecified atom stereocenters. The van der Waals surface area contributed by atoms with Crippen molar-refractivity contribution in [3.63, 3.8) is 0 Å². The first kappa shape index (κ1) is 24.4. The maximum atomic E-state index is 13.5. The lowest BCUT2D eigenvalue weighted by molar-refractivity contribution is -0.137. The van der Waals surface area contributed by atoms with Crippen LogP contribution in [0.2, 0.25) is 0 Å². The van der Waals surface area contributed by atoms with Gasteiger partial charge in [0.25, 0.3) is 5.91 Å². The molecule has 2 aliphatic heterocycles. The molecule has 1 saturated carbocycles. The highest BCUT2D eigenvalue weighted by molar-refractivity contribution is 8.16. The number of rotatable bonds is 7. The number of nitrogens with one attached hydrogen (secondary N) is 1. The van der Waals surface area contributed by atoms with E-state index in [2.05, 4.69) is 10.3 Å². The maximum Gasteiger partial charge on any atom is 0.416 e. The van der Waals surface area contributed by atoms with Crippen LogP contribution in [0.1, 0.15) is 57.2 Å². The van der Waals surface area contributed by atoms with E-state index in [4.69, 9.17) is 0 Å². The van der Waals surface area contributed by atoms with E-state index in [1.54, 1.807) is 11.8 Å². The molecule has 1 aromatic carbocycles. The number of thioether (sulfide) groups is 1. The minimum Gasteiger partial charge on any atom is -0.353 e. The van der Waals surface area contributed by atoms with Gasteiger partial charge >= 0.3 is 6.18 Å². The standard InChI is InChI=1S/C24H27F3N4O2S/c1-4-30(5-2)22(33)20-14(3)28-23-31(18(13-34-23)12-19(32)29-17-10-11-17)21(20)15-6-8-16(9-7-15)24(25,26)27/h6-9,13,17,21H,4-5,10-12H2,1-3H3,(H,29,32)/t21-/m1/s1. The number of nitrogens with zero attached hydrogens (tertiary/aromatic N) is 3. The summed E-state index contributed by atoms with van der Waals surface area (Å²) in [6, 6.07) is 4.40. The molecule has 1 atom stereocenters. The number of carbonyl (C=O) groups is 2. The number of benzene rings is 1. The summed E-state index contributed by atoms with van der Waals surface area (Å²) in [5.74, 6) is -0.335. The first-order valence-corrected chi connectivity index (χ1v) is 12.2. The number of likely N-dealkylation sites (N-methyl/N-ethyl adjacent to an activating group) is 1. The Morgan fingerprint density at radius 3 is 2.38 bits per heavy atom. The molecule has 6 nitrogen and oxygen atoms in total. The van der Waals surface area contributed by atoms with Crippen molar-refractivity contribution < 1.29 is 22.8 Å². The zero-order valence-corrected chi connectivity index (χ0v) is 20.1. The molecular weight excluding hydrogens is 465 g/mol. The molecule has 1 N–H and O–H groups in total. The quantitative estimate of drug-likeness (QED) is 0.593. The third-order valence-electron chi connectivity index (χ3n) is 6.12. The van der Waals surface area contributed by atoms with Crippen molar-refractivity contribution in [2.45, 2.75) is 58.3 Å². The number of halogens is 3. The van der Waals surface area contributed by atoms with Crippen LogP contribution in [0.15, 0.2) is 51.6 Å². The normalized spacial score (nSPS) is 20.1. The molecule has 0 spiro atoms. The van der Waals surface area contributed by atoms with Crippen LogP contribution in [0.5, 0.6) is 0 Å². The smallest absolute Gasteiger partial charge is 0.353 e. The SMILES string of the molecule is CCN(CC)C(=O)C1=C(C)N=C2SC=C(CC(=O)NC3CC3)N2[C@@H]1c1ccc(C(F)(F)F)cc1. The van der Waals surface area contributed by atoms with E-state index in [0.29, 0.717) is 40.8 Å². The summed E-state index contributed by atoms with van der Waals surface area (Å²) in [6.45, 7) is 6.48. The fourth-order valence-corrected chi connectivity index (χ4v) is 5.13. The van der Waals surface area contributed by atoms with Crippen LogP contribution >= 0.6 is 11.8 Å². The first-order chi connectivity index (χ1) is 16.1. The summed E-state index contributed by atoms with van der Waals surface area (Å²) in [6.07, 6.45) is -2.42. The number of alkyl halides is 3. The number of aliphatic imine (C=N–C) groups is 1. The number of hydrogen-bond donors (Lipinski definition) is 1. The number of fused-ring (bicyclic) bond motifs is 1. The summed E-state index contributed by atoms with van der Waals surface area (Å²) in [5.41, 5.74) is 1.38. The maximum absolute atomic E-state index is 13.5. The Kier molecular flexibility index (Phi) is 6.80. The highest BCUT2D eigenvalue weighted by Crippen LogP contribution is 2.45. The predicted octanol–water partition coefficient (Wildman–Crippen LogP) is 4.82. The summed E-state index contributed by atoms with van der Waals surface area (Å²) in [7, 11) is 0. The van der Waals surface area contributed by atoms with Gasteiger partial charge in [0, 0.05) is 24.8 Å². The van der Waals surface area contributed by atoms with Crippen molar-refractivity contribution in [1.29, 1.82) is 0 Å². The Hall–Kier alpha value is -2.75. The van der Waals surface area contributed by atoms with Crippen LogP contribution in [0.4, 0.5) is 13.2 Å². The Morgan fingerprint density at radius 2 is 1.82 bits per heavy atom. The molecule has 1 aliphatic carbocycles. The molecule has 182 valence electrons. The lowest BCUT2D eigenvalue weighted by Gasteiger charge is -2.38. The predicted molar refractivity (Wildman–Crippen MR) is 126 cm³/mol. The number of amides is 2. The summed E-state index contributed by atoms with van der Waals surface area (Å²) < 4.78 is 39.6. The molecule has 3 aliphatic rings. The van der Waals surface area contributed by atoms with E-state index in [1.807, 2.05) is 24.2 Å². The molecule has 1 aromatic rings. The van der Waals surface area contributed by atoms with Gasteiger partial charge in [-0.1, -0.05) is 23.9 Å². The number of allylic oxidation sites excluding steroid dienone is 1. The highest BCUT2D eigenvalue weighted by atomic mass is 32.2.